The predicted octanol–water partition coefficient (Wildman–Crippen LogP) is 2.80. The predicted molar refractivity (Wildman–Crippen MR) is 115 cm³/mol. The van der Waals surface area contributed by atoms with Crippen molar-refractivity contribution in [2.75, 3.05) is 19.6 Å². The van der Waals surface area contributed by atoms with Crippen LogP contribution < -0.4 is 10.9 Å². The zero-order valence-electron chi connectivity index (χ0n) is 17.3. The van der Waals surface area contributed by atoms with Crippen molar-refractivity contribution in [2.24, 2.45) is 11.8 Å². The molecule has 0 bridgehead atoms. The van der Waals surface area contributed by atoms with Gasteiger partial charge < -0.3 is 5.32 Å². The summed E-state index contributed by atoms with van der Waals surface area (Å²) in [4.78, 5) is 32.2. The number of likely N-dealkylation sites (N-methyl/N-ethyl adjacent to an activating group) is 1. The average molecular weight is 397 g/mol. The second-order valence-electron chi connectivity index (χ2n) is 8.61. The summed E-state index contributed by atoms with van der Waals surface area (Å²) in [5, 5.41) is 3.88. The van der Waals surface area contributed by atoms with E-state index in [4.69, 9.17) is 0 Å². The number of para-hydroxylation sites is 1. The molecule has 1 aromatic heterocycles. The smallest absolute Gasteiger partial charge is 0.261 e. The summed E-state index contributed by atoms with van der Waals surface area (Å²) in [5.41, 5.74) is 0.783. The summed E-state index contributed by atoms with van der Waals surface area (Å²) in [6.07, 6.45) is 7.90. The number of rotatable bonds is 6. The summed E-state index contributed by atoms with van der Waals surface area (Å²) in [6.45, 7) is 5.89. The first kappa shape index (κ1) is 20.1. The molecule has 1 amide bonds. The molecule has 2 aromatic rings. The highest BCUT2D eigenvalue weighted by atomic mass is 16.2. The van der Waals surface area contributed by atoms with Crippen LogP contribution in [0.15, 0.2) is 35.4 Å². The van der Waals surface area contributed by atoms with Gasteiger partial charge in [-0.1, -0.05) is 19.1 Å². The molecular formula is C23H32N4O2. The van der Waals surface area contributed by atoms with Crippen molar-refractivity contribution in [3.05, 3.63) is 40.9 Å². The van der Waals surface area contributed by atoms with E-state index >= 15 is 0 Å². The van der Waals surface area contributed by atoms with E-state index in [1.807, 2.05) is 24.3 Å². The molecule has 0 radical (unpaired) electrons. The highest BCUT2D eigenvalue weighted by molar-refractivity contribution is 5.78. The number of aromatic nitrogens is 2. The molecule has 1 saturated carbocycles. The number of fused-ring (bicyclic) bond motifs is 1. The van der Waals surface area contributed by atoms with Crippen molar-refractivity contribution in [3.63, 3.8) is 0 Å². The number of amides is 1. The molecule has 1 N–H and O–H groups in total. The molecule has 1 aromatic carbocycles. The van der Waals surface area contributed by atoms with Crippen LogP contribution in [0.2, 0.25) is 0 Å². The molecule has 1 saturated heterocycles. The highest BCUT2D eigenvalue weighted by Crippen LogP contribution is 2.30. The summed E-state index contributed by atoms with van der Waals surface area (Å²) in [5.74, 6) is 0.773. The number of nitrogens with zero attached hydrogens (tertiary/aromatic N) is 3. The van der Waals surface area contributed by atoms with E-state index in [9.17, 15) is 9.59 Å². The lowest BCUT2D eigenvalue weighted by Crippen LogP contribution is -2.42. The third-order valence-corrected chi connectivity index (χ3v) is 6.82. The first-order valence-electron chi connectivity index (χ1n) is 11.1. The fourth-order valence-corrected chi connectivity index (χ4v) is 5.03. The van der Waals surface area contributed by atoms with Gasteiger partial charge in [0, 0.05) is 25.0 Å². The van der Waals surface area contributed by atoms with Crippen molar-refractivity contribution >= 4 is 16.8 Å². The lowest BCUT2D eigenvalue weighted by atomic mass is 9.81. The molecule has 29 heavy (non-hydrogen) atoms. The number of carbonyl (C=O) groups excluding carboxylic acids is 1. The van der Waals surface area contributed by atoms with Gasteiger partial charge in [0.25, 0.3) is 5.56 Å². The SMILES string of the molecule is CCN1CCCC1CNC(=O)C1CCC(Cn2cnc3ccccc3c2=O)CC1. The van der Waals surface area contributed by atoms with Crippen LogP contribution in [0, 0.1) is 11.8 Å². The maximum atomic E-state index is 12.7. The van der Waals surface area contributed by atoms with Crippen LogP contribution in [0.1, 0.15) is 45.4 Å². The minimum atomic E-state index is 0.0347. The summed E-state index contributed by atoms with van der Waals surface area (Å²) in [7, 11) is 0. The number of carbonyl (C=O) groups is 1. The molecule has 0 spiro atoms. The van der Waals surface area contributed by atoms with E-state index in [-0.39, 0.29) is 17.4 Å². The van der Waals surface area contributed by atoms with E-state index < -0.39 is 0 Å². The molecule has 1 aliphatic carbocycles. The van der Waals surface area contributed by atoms with Gasteiger partial charge in [-0.25, -0.2) is 4.98 Å². The monoisotopic (exact) mass is 396 g/mol. The summed E-state index contributed by atoms with van der Waals surface area (Å²) >= 11 is 0. The van der Waals surface area contributed by atoms with E-state index in [1.165, 1.54) is 12.8 Å². The number of hydrogen-bond donors (Lipinski definition) is 1. The van der Waals surface area contributed by atoms with Gasteiger partial charge in [0.1, 0.15) is 0 Å². The second-order valence-corrected chi connectivity index (χ2v) is 8.61. The molecule has 1 aliphatic heterocycles. The zero-order chi connectivity index (χ0) is 20.2. The van der Waals surface area contributed by atoms with Gasteiger partial charge in [-0.15, -0.1) is 0 Å². The Labute approximate surface area is 172 Å². The van der Waals surface area contributed by atoms with Gasteiger partial charge in [-0.2, -0.15) is 0 Å². The van der Waals surface area contributed by atoms with Crippen molar-refractivity contribution < 1.29 is 4.79 Å². The number of nitrogens with one attached hydrogen (secondary N) is 1. The van der Waals surface area contributed by atoms with E-state index in [0.717, 1.165) is 50.8 Å². The molecule has 2 heterocycles. The molecule has 1 unspecified atom stereocenters. The van der Waals surface area contributed by atoms with Crippen LogP contribution in [0.5, 0.6) is 0 Å². The van der Waals surface area contributed by atoms with E-state index in [0.29, 0.717) is 23.9 Å². The van der Waals surface area contributed by atoms with Crippen molar-refractivity contribution in [3.8, 4) is 0 Å². The van der Waals surface area contributed by atoms with E-state index in [1.54, 1.807) is 10.9 Å². The molecule has 1 atom stereocenters. The molecule has 2 aliphatic rings. The maximum absolute atomic E-state index is 12.7. The standard InChI is InChI=1S/C23H32N4O2/c1-2-26-13-5-6-19(26)14-24-22(28)18-11-9-17(10-12-18)15-27-16-25-21-8-4-3-7-20(21)23(27)29/h3-4,7-8,16-19H,2,5-6,9-15H2,1H3,(H,24,28). The third kappa shape index (κ3) is 4.53. The molecule has 2 fully saturated rings. The Hall–Kier alpha value is -2.21. The van der Waals surface area contributed by atoms with Gasteiger partial charge in [0.2, 0.25) is 5.91 Å². The van der Waals surface area contributed by atoms with Gasteiger partial charge >= 0.3 is 0 Å². The topological polar surface area (TPSA) is 67.2 Å². The fraction of sp³-hybridized carbons (Fsp3) is 0.609. The van der Waals surface area contributed by atoms with Gasteiger partial charge in [0.15, 0.2) is 0 Å². The first-order valence-corrected chi connectivity index (χ1v) is 11.1. The van der Waals surface area contributed by atoms with Crippen LogP contribution in [-0.2, 0) is 11.3 Å². The lowest BCUT2D eigenvalue weighted by molar-refractivity contribution is -0.126. The van der Waals surface area contributed by atoms with Gasteiger partial charge in [0.05, 0.1) is 17.2 Å². The minimum Gasteiger partial charge on any atom is -0.354 e. The third-order valence-electron chi connectivity index (χ3n) is 6.82. The number of likely N-dealkylation sites (tertiary alicyclic amines) is 1. The van der Waals surface area contributed by atoms with E-state index in [2.05, 4.69) is 22.1 Å². The maximum Gasteiger partial charge on any atom is 0.261 e. The van der Waals surface area contributed by atoms with Crippen LogP contribution in [0.4, 0.5) is 0 Å². The number of benzene rings is 1. The van der Waals surface area contributed by atoms with Gasteiger partial charge in [-0.05, 0) is 69.7 Å². The zero-order valence-corrected chi connectivity index (χ0v) is 17.3. The van der Waals surface area contributed by atoms with Crippen molar-refractivity contribution in [2.45, 2.75) is 58.0 Å². The molecule has 156 valence electrons. The Kier molecular flexibility index (Phi) is 6.28. The van der Waals surface area contributed by atoms with Crippen LogP contribution in [-0.4, -0.2) is 46.0 Å². The Bertz CT molecular complexity index is 901. The molecule has 6 heteroatoms. The minimum absolute atomic E-state index is 0.0347. The van der Waals surface area contributed by atoms with Crippen molar-refractivity contribution in [1.82, 2.24) is 19.8 Å². The highest BCUT2D eigenvalue weighted by Gasteiger charge is 2.28. The Morgan fingerprint density at radius 3 is 2.76 bits per heavy atom. The fourth-order valence-electron chi connectivity index (χ4n) is 5.03. The van der Waals surface area contributed by atoms with Gasteiger partial charge in [-0.3, -0.25) is 19.1 Å². The molecule has 4 rings (SSSR count). The van der Waals surface area contributed by atoms with Crippen LogP contribution in [0.25, 0.3) is 10.9 Å². The van der Waals surface area contributed by atoms with Crippen LogP contribution >= 0.6 is 0 Å². The molecule has 6 nitrogen and oxygen atoms in total. The summed E-state index contributed by atoms with van der Waals surface area (Å²) < 4.78 is 1.74. The first-order chi connectivity index (χ1) is 14.2. The molecular weight excluding hydrogens is 364 g/mol. The Morgan fingerprint density at radius 1 is 1.17 bits per heavy atom. The Morgan fingerprint density at radius 2 is 1.97 bits per heavy atom. The summed E-state index contributed by atoms with van der Waals surface area (Å²) in [6, 6.07) is 8.00. The quantitative estimate of drug-likeness (QED) is 0.815. The second kappa shape index (κ2) is 9.08. The Balaban J connectivity index is 1.28. The normalized spacial score (nSPS) is 25.3. The van der Waals surface area contributed by atoms with Crippen LogP contribution in [0.3, 0.4) is 0 Å². The average Bonchev–Trinajstić information content (AvgIpc) is 3.22. The largest absolute Gasteiger partial charge is 0.354 e. The lowest BCUT2D eigenvalue weighted by Gasteiger charge is -2.29. The number of hydrogen-bond acceptors (Lipinski definition) is 4. The van der Waals surface area contributed by atoms with Crippen molar-refractivity contribution in [1.29, 1.82) is 0 Å².